The van der Waals surface area contributed by atoms with E-state index < -0.39 is 0 Å². The number of nitrogens with one attached hydrogen (secondary N) is 1. The number of carbonyl (C=O) groups excluding carboxylic acids is 1. The first-order valence-corrected chi connectivity index (χ1v) is 8.18. The lowest BCUT2D eigenvalue weighted by Gasteiger charge is -2.19. The number of likely N-dealkylation sites (N-methyl/N-ethyl adjacent to an activating group) is 1. The Balaban J connectivity index is 2.67. The Kier molecular flexibility index (Phi) is 9.17. The average molecular weight is 322 g/mol. The van der Waals surface area contributed by atoms with Crippen LogP contribution in [0.1, 0.15) is 37.0 Å². The number of aliphatic hydroxyl groups is 1. The fourth-order valence-electron chi connectivity index (χ4n) is 2.25. The number of rotatable bonds is 11. The summed E-state index contributed by atoms with van der Waals surface area (Å²) in [5.41, 5.74) is 1.26. The number of carbonyl (C=O) groups is 1. The van der Waals surface area contributed by atoms with Gasteiger partial charge in [-0.05, 0) is 50.2 Å². The molecule has 128 valence electrons. The van der Waals surface area contributed by atoms with Crippen LogP contribution < -0.4 is 5.32 Å². The monoisotopic (exact) mass is 322 g/mol. The molecule has 0 spiro atoms. The molecule has 0 fully saturated rings. The number of halogens is 1. The highest BCUT2D eigenvalue weighted by Crippen LogP contribution is 2.08. The van der Waals surface area contributed by atoms with Gasteiger partial charge in [0.05, 0.1) is 0 Å². The second kappa shape index (κ2) is 10.9. The lowest BCUT2D eigenvalue weighted by atomic mass is 10.1. The molecule has 0 heterocycles. The SMILES string of the molecule is CCN(CC)CCN/C(=C/C(=O)c1ccc(F)cc1)CCCO. The summed E-state index contributed by atoms with van der Waals surface area (Å²) in [7, 11) is 0. The summed E-state index contributed by atoms with van der Waals surface area (Å²) < 4.78 is 12.9. The molecule has 0 bridgehead atoms. The molecule has 0 aliphatic carbocycles. The van der Waals surface area contributed by atoms with Crippen molar-refractivity contribution in [1.29, 1.82) is 0 Å². The van der Waals surface area contributed by atoms with Crippen molar-refractivity contribution < 1.29 is 14.3 Å². The lowest BCUT2D eigenvalue weighted by molar-refractivity contribution is 0.104. The summed E-state index contributed by atoms with van der Waals surface area (Å²) in [5.74, 6) is -0.517. The fourth-order valence-corrected chi connectivity index (χ4v) is 2.25. The van der Waals surface area contributed by atoms with Crippen molar-refractivity contribution in [2.24, 2.45) is 0 Å². The number of nitrogens with zero attached hydrogens (tertiary/aromatic N) is 1. The molecule has 0 aliphatic heterocycles. The van der Waals surface area contributed by atoms with Crippen LogP contribution in [-0.2, 0) is 0 Å². The maximum atomic E-state index is 12.9. The van der Waals surface area contributed by atoms with Crippen molar-refractivity contribution in [3.05, 3.63) is 47.4 Å². The third-order valence-corrected chi connectivity index (χ3v) is 3.71. The zero-order chi connectivity index (χ0) is 17.1. The molecule has 0 radical (unpaired) electrons. The van der Waals surface area contributed by atoms with Gasteiger partial charge in [-0.2, -0.15) is 0 Å². The van der Waals surface area contributed by atoms with Crippen molar-refractivity contribution in [2.45, 2.75) is 26.7 Å². The molecule has 1 aromatic carbocycles. The van der Waals surface area contributed by atoms with Crippen LogP contribution >= 0.6 is 0 Å². The van der Waals surface area contributed by atoms with Gasteiger partial charge in [0.1, 0.15) is 5.82 Å². The summed E-state index contributed by atoms with van der Waals surface area (Å²) in [5, 5.41) is 12.3. The van der Waals surface area contributed by atoms with Gasteiger partial charge in [-0.1, -0.05) is 13.8 Å². The molecular weight excluding hydrogens is 295 g/mol. The largest absolute Gasteiger partial charge is 0.396 e. The molecule has 0 amide bonds. The van der Waals surface area contributed by atoms with Crippen molar-refractivity contribution in [1.82, 2.24) is 10.2 Å². The van der Waals surface area contributed by atoms with Crippen molar-refractivity contribution in [2.75, 3.05) is 32.8 Å². The first kappa shape index (κ1) is 19.3. The summed E-state index contributed by atoms with van der Waals surface area (Å²) in [6, 6.07) is 5.52. The zero-order valence-corrected chi connectivity index (χ0v) is 14.0. The van der Waals surface area contributed by atoms with Crippen LogP contribution in [0.2, 0.25) is 0 Å². The topological polar surface area (TPSA) is 52.6 Å². The molecule has 0 aromatic heterocycles. The Hall–Kier alpha value is -1.72. The molecule has 5 heteroatoms. The van der Waals surface area contributed by atoms with Gasteiger partial charge >= 0.3 is 0 Å². The Morgan fingerprint density at radius 2 is 1.91 bits per heavy atom. The molecule has 23 heavy (non-hydrogen) atoms. The quantitative estimate of drug-likeness (QED) is 0.486. The molecule has 0 atom stereocenters. The predicted octanol–water partition coefficient (Wildman–Crippen LogP) is 2.60. The summed E-state index contributed by atoms with van der Waals surface area (Å²) in [6.45, 7) is 7.93. The van der Waals surface area contributed by atoms with E-state index in [-0.39, 0.29) is 18.2 Å². The van der Waals surface area contributed by atoms with Gasteiger partial charge in [-0.25, -0.2) is 4.39 Å². The van der Waals surface area contributed by atoms with Gasteiger partial charge in [0.2, 0.25) is 0 Å². The van der Waals surface area contributed by atoms with Gasteiger partial charge in [0.15, 0.2) is 5.78 Å². The number of hydrogen-bond acceptors (Lipinski definition) is 4. The molecule has 1 aromatic rings. The maximum absolute atomic E-state index is 12.9. The van der Waals surface area contributed by atoms with Crippen LogP contribution in [0.5, 0.6) is 0 Å². The number of aliphatic hydroxyl groups excluding tert-OH is 1. The smallest absolute Gasteiger partial charge is 0.187 e. The van der Waals surface area contributed by atoms with Crippen LogP contribution in [0.3, 0.4) is 0 Å². The first-order chi connectivity index (χ1) is 11.1. The van der Waals surface area contributed by atoms with E-state index in [4.69, 9.17) is 5.11 Å². The molecule has 0 aliphatic rings. The third-order valence-electron chi connectivity index (χ3n) is 3.71. The molecule has 2 N–H and O–H groups in total. The molecular formula is C18H27FN2O2. The van der Waals surface area contributed by atoms with Crippen LogP contribution in [0.15, 0.2) is 36.0 Å². The Morgan fingerprint density at radius 1 is 1.26 bits per heavy atom. The van der Waals surface area contributed by atoms with Crippen LogP contribution in [0.4, 0.5) is 4.39 Å². The lowest BCUT2D eigenvalue weighted by Crippen LogP contribution is -2.31. The number of allylic oxidation sites excluding steroid dienone is 2. The third kappa shape index (κ3) is 7.39. The van der Waals surface area contributed by atoms with Gasteiger partial charge in [0, 0.05) is 37.0 Å². The Bertz CT molecular complexity index is 496. The minimum absolute atomic E-state index is 0.0831. The van der Waals surface area contributed by atoms with E-state index in [1.807, 2.05) is 0 Å². The molecule has 1 rings (SSSR count). The molecule has 0 saturated carbocycles. The second-order valence-electron chi connectivity index (χ2n) is 5.32. The highest BCUT2D eigenvalue weighted by atomic mass is 19.1. The maximum Gasteiger partial charge on any atom is 0.187 e. The fraction of sp³-hybridized carbons (Fsp3) is 0.500. The van der Waals surface area contributed by atoms with Gasteiger partial charge < -0.3 is 15.3 Å². The standard InChI is InChI=1S/C18H27FN2O2/c1-3-21(4-2)12-11-20-17(6-5-13-22)14-18(23)15-7-9-16(19)10-8-15/h7-10,14,20,22H,3-6,11-13H2,1-2H3/b17-14+. The summed E-state index contributed by atoms with van der Waals surface area (Å²) in [6.07, 6.45) is 2.76. The van der Waals surface area contributed by atoms with E-state index in [1.54, 1.807) is 6.08 Å². The normalized spacial score (nSPS) is 11.8. The molecule has 0 saturated heterocycles. The average Bonchev–Trinajstić information content (AvgIpc) is 2.56. The van der Waals surface area contributed by atoms with E-state index in [9.17, 15) is 9.18 Å². The van der Waals surface area contributed by atoms with E-state index in [2.05, 4.69) is 24.1 Å². The number of ketones is 1. The van der Waals surface area contributed by atoms with Crippen LogP contribution in [-0.4, -0.2) is 48.6 Å². The van der Waals surface area contributed by atoms with Crippen LogP contribution in [0, 0.1) is 5.82 Å². The van der Waals surface area contributed by atoms with E-state index in [1.165, 1.54) is 24.3 Å². The van der Waals surface area contributed by atoms with Gasteiger partial charge in [-0.15, -0.1) is 0 Å². The highest BCUT2D eigenvalue weighted by molar-refractivity contribution is 6.04. The van der Waals surface area contributed by atoms with E-state index in [0.29, 0.717) is 18.4 Å². The summed E-state index contributed by atoms with van der Waals surface area (Å²) >= 11 is 0. The minimum Gasteiger partial charge on any atom is -0.396 e. The van der Waals surface area contributed by atoms with Crippen molar-refractivity contribution >= 4 is 5.78 Å². The highest BCUT2D eigenvalue weighted by Gasteiger charge is 2.06. The van der Waals surface area contributed by atoms with Crippen molar-refractivity contribution in [3.63, 3.8) is 0 Å². The van der Waals surface area contributed by atoms with E-state index in [0.717, 1.165) is 31.9 Å². The number of benzene rings is 1. The second-order valence-corrected chi connectivity index (χ2v) is 5.32. The molecule has 0 unspecified atom stereocenters. The van der Waals surface area contributed by atoms with Gasteiger partial charge in [-0.3, -0.25) is 4.79 Å². The Morgan fingerprint density at radius 3 is 2.48 bits per heavy atom. The summed E-state index contributed by atoms with van der Waals surface area (Å²) in [4.78, 5) is 14.5. The Labute approximate surface area is 138 Å². The minimum atomic E-state index is -0.358. The van der Waals surface area contributed by atoms with Gasteiger partial charge in [0.25, 0.3) is 0 Å². The predicted molar refractivity (Wildman–Crippen MR) is 90.9 cm³/mol. The number of hydrogen-bond donors (Lipinski definition) is 2. The van der Waals surface area contributed by atoms with Crippen molar-refractivity contribution in [3.8, 4) is 0 Å². The van der Waals surface area contributed by atoms with Crippen LogP contribution in [0.25, 0.3) is 0 Å². The molecule has 4 nitrogen and oxygen atoms in total. The van der Waals surface area contributed by atoms with E-state index >= 15 is 0 Å². The zero-order valence-electron chi connectivity index (χ0n) is 14.0. The first-order valence-electron chi connectivity index (χ1n) is 8.18.